The van der Waals surface area contributed by atoms with Crippen LogP contribution in [0.4, 0.5) is 0 Å². The zero-order valence-electron chi connectivity index (χ0n) is 12.1. The van der Waals surface area contributed by atoms with E-state index in [1.807, 2.05) is 20.0 Å². The molecule has 1 unspecified atom stereocenters. The highest BCUT2D eigenvalue weighted by atomic mass is 16.5. The fraction of sp³-hybridized carbons (Fsp3) is 0.714. The average Bonchev–Trinajstić information content (AvgIpc) is 2.68. The molecule has 1 atom stereocenters. The van der Waals surface area contributed by atoms with Crippen LogP contribution in [0.2, 0.25) is 0 Å². The molecular weight excluding hydrogens is 242 g/mol. The Bertz CT molecular complexity index is 440. The first-order valence-corrected chi connectivity index (χ1v) is 6.96. The fourth-order valence-corrected chi connectivity index (χ4v) is 2.54. The van der Waals surface area contributed by atoms with Gasteiger partial charge in [-0.2, -0.15) is 5.10 Å². The summed E-state index contributed by atoms with van der Waals surface area (Å²) >= 11 is 0. The Balaban J connectivity index is 1.94. The van der Waals surface area contributed by atoms with Gasteiger partial charge in [0.15, 0.2) is 5.78 Å². The van der Waals surface area contributed by atoms with Gasteiger partial charge in [0.2, 0.25) is 0 Å². The molecule has 2 rings (SSSR count). The number of carbonyl (C=O) groups excluding carboxylic acids is 1. The molecule has 0 N–H and O–H groups in total. The van der Waals surface area contributed by atoms with Crippen LogP contribution in [-0.2, 0) is 23.0 Å². The fourth-order valence-electron chi connectivity index (χ4n) is 2.54. The number of hydrogen-bond donors (Lipinski definition) is 0. The van der Waals surface area contributed by atoms with Gasteiger partial charge < -0.3 is 4.74 Å². The van der Waals surface area contributed by atoms with Gasteiger partial charge in [-0.25, -0.2) is 0 Å². The predicted octanol–water partition coefficient (Wildman–Crippen LogP) is 0.951. The van der Waals surface area contributed by atoms with Crippen molar-refractivity contribution in [3.63, 3.8) is 0 Å². The van der Waals surface area contributed by atoms with Crippen molar-refractivity contribution in [1.29, 1.82) is 0 Å². The summed E-state index contributed by atoms with van der Waals surface area (Å²) in [6.07, 6.45) is 1.24. The third-order valence-corrected chi connectivity index (χ3v) is 3.50. The van der Waals surface area contributed by atoms with Gasteiger partial charge in [-0.1, -0.05) is 6.92 Å². The zero-order chi connectivity index (χ0) is 13.8. The molecule has 1 aliphatic heterocycles. The quantitative estimate of drug-likeness (QED) is 0.795. The van der Waals surface area contributed by atoms with Crippen LogP contribution < -0.4 is 0 Å². The minimum Gasteiger partial charge on any atom is -0.368 e. The second-order valence-electron chi connectivity index (χ2n) is 5.20. The minimum absolute atomic E-state index is 0.156. The lowest BCUT2D eigenvalue weighted by Gasteiger charge is -2.31. The molecule has 0 bridgehead atoms. The molecule has 0 aliphatic carbocycles. The smallest absolute Gasteiger partial charge is 0.168 e. The maximum atomic E-state index is 12.3. The van der Waals surface area contributed by atoms with Crippen LogP contribution >= 0.6 is 0 Å². The van der Waals surface area contributed by atoms with Crippen molar-refractivity contribution in [3.05, 3.63) is 17.5 Å². The summed E-state index contributed by atoms with van der Waals surface area (Å²) < 4.78 is 7.39. The van der Waals surface area contributed by atoms with E-state index in [-0.39, 0.29) is 11.9 Å². The first kappa shape index (κ1) is 14.2. The molecule has 1 aromatic rings. The van der Waals surface area contributed by atoms with Crippen LogP contribution in [0.25, 0.3) is 0 Å². The summed E-state index contributed by atoms with van der Waals surface area (Å²) in [5.74, 6) is 0.156. The molecule has 19 heavy (non-hydrogen) atoms. The normalized spacial score (nSPS) is 20.7. The Hall–Kier alpha value is -1.20. The lowest BCUT2D eigenvalue weighted by Crippen LogP contribution is -2.46. The minimum atomic E-state index is -0.282. The highest BCUT2D eigenvalue weighted by Gasteiger charge is 2.26. The number of morpholine rings is 1. The van der Waals surface area contributed by atoms with E-state index in [1.165, 1.54) is 0 Å². The van der Waals surface area contributed by atoms with Gasteiger partial charge >= 0.3 is 0 Å². The number of rotatable bonds is 5. The van der Waals surface area contributed by atoms with Crippen LogP contribution in [0.3, 0.4) is 0 Å². The van der Waals surface area contributed by atoms with Crippen LogP contribution in [0.5, 0.6) is 0 Å². The predicted molar refractivity (Wildman–Crippen MR) is 73.1 cm³/mol. The number of hydrogen-bond acceptors (Lipinski definition) is 4. The van der Waals surface area contributed by atoms with E-state index in [4.69, 9.17) is 4.74 Å². The van der Waals surface area contributed by atoms with Crippen molar-refractivity contribution < 1.29 is 9.53 Å². The Morgan fingerprint density at radius 2 is 2.37 bits per heavy atom. The molecule has 0 spiro atoms. The molecule has 0 amide bonds. The van der Waals surface area contributed by atoms with Crippen molar-refractivity contribution in [1.82, 2.24) is 14.7 Å². The Morgan fingerprint density at radius 1 is 1.58 bits per heavy atom. The highest BCUT2D eigenvalue weighted by Crippen LogP contribution is 2.11. The van der Waals surface area contributed by atoms with Gasteiger partial charge in [-0.05, 0) is 26.0 Å². The van der Waals surface area contributed by atoms with Crippen molar-refractivity contribution >= 4 is 5.78 Å². The Kier molecular flexibility index (Phi) is 4.71. The molecule has 5 heteroatoms. The SMILES string of the molecule is CCCN1CCOC(C(=O)Cc2cc(C)nn2C)C1. The monoisotopic (exact) mass is 265 g/mol. The van der Waals surface area contributed by atoms with E-state index in [0.717, 1.165) is 37.4 Å². The molecule has 1 fully saturated rings. The van der Waals surface area contributed by atoms with Gasteiger partial charge in [-0.3, -0.25) is 14.4 Å². The zero-order valence-corrected chi connectivity index (χ0v) is 12.1. The number of Topliss-reactive ketones (excluding diaryl/α,β-unsaturated/α-hetero) is 1. The summed E-state index contributed by atoms with van der Waals surface area (Å²) in [5.41, 5.74) is 1.90. The molecular formula is C14H23N3O2. The van der Waals surface area contributed by atoms with E-state index in [0.29, 0.717) is 13.0 Å². The lowest BCUT2D eigenvalue weighted by molar-refractivity contribution is -0.135. The molecule has 1 saturated heterocycles. The van der Waals surface area contributed by atoms with Gasteiger partial charge in [0.05, 0.1) is 18.7 Å². The molecule has 0 radical (unpaired) electrons. The van der Waals surface area contributed by atoms with Gasteiger partial charge in [0, 0.05) is 25.8 Å². The van der Waals surface area contributed by atoms with E-state index < -0.39 is 0 Å². The first-order chi connectivity index (χ1) is 9.10. The van der Waals surface area contributed by atoms with E-state index in [2.05, 4.69) is 16.9 Å². The number of aromatic nitrogens is 2. The van der Waals surface area contributed by atoms with E-state index in [9.17, 15) is 4.79 Å². The van der Waals surface area contributed by atoms with Gasteiger partial charge in [0.1, 0.15) is 6.10 Å². The highest BCUT2D eigenvalue weighted by molar-refractivity contribution is 5.85. The molecule has 106 valence electrons. The topological polar surface area (TPSA) is 47.4 Å². The number of carbonyl (C=O) groups is 1. The second-order valence-corrected chi connectivity index (χ2v) is 5.20. The lowest BCUT2D eigenvalue weighted by atomic mass is 10.1. The third-order valence-electron chi connectivity index (χ3n) is 3.50. The summed E-state index contributed by atoms with van der Waals surface area (Å²) in [4.78, 5) is 14.6. The molecule has 1 aromatic heterocycles. The summed E-state index contributed by atoms with van der Waals surface area (Å²) in [6.45, 7) is 7.45. The van der Waals surface area contributed by atoms with Gasteiger partial charge in [0.25, 0.3) is 0 Å². The van der Waals surface area contributed by atoms with Crippen molar-refractivity contribution in [2.24, 2.45) is 7.05 Å². The van der Waals surface area contributed by atoms with Crippen molar-refractivity contribution in [2.45, 2.75) is 32.8 Å². The number of aryl methyl sites for hydroxylation is 2. The molecule has 2 heterocycles. The van der Waals surface area contributed by atoms with Crippen molar-refractivity contribution in [2.75, 3.05) is 26.2 Å². The van der Waals surface area contributed by atoms with Crippen LogP contribution in [-0.4, -0.2) is 52.8 Å². The number of ether oxygens (including phenoxy) is 1. The number of nitrogens with zero attached hydrogens (tertiary/aromatic N) is 3. The average molecular weight is 265 g/mol. The van der Waals surface area contributed by atoms with Crippen LogP contribution in [0.15, 0.2) is 6.07 Å². The summed E-state index contributed by atoms with van der Waals surface area (Å²) in [7, 11) is 1.88. The molecule has 0 aromatic carbocycles. The summed E-state index contributed by atoms with van der Waals surface area (Å²) in [6, 6.07) is 1.96. The number of ketones is 1. The van der Waals surface area contributed by atoms with E-state index in [1.54, 1.807) is 4.68 Å². The maximum absolute atomic E-state index is 12.3. The standard InChI is InChI=1S/C14H23N3O2/c1-4-5-17-6-7-19-14(10-17)13(18)9-12-8-11(2)15-16(12)3/h8,14H,4-7,9-10H2,1-3H3. The van der Waals surface area contributed by atoms with Crippen molar-refractivity contribution in [3.8, 4) is 0 Å². The van der Waals surface area contributed by atoms with Crippen LogP contribution in [0.1, 0.15) is 24.7 Å². The Morgan fingerprint density at radius 3 is 3.00 bits per heavy atom. The van der Waals surface area contributed by atoms with Gasteiger partial charge in [-0.15, -0.1) is 0 Å². The van der Waals surface area contributed by atoms with Crippen LogP contribution in [0, 0.1) is 6.92 Å². The van der Waals surface area contributed by atoms with E-state index >= 15 is 0 Å². The Labute approximate surface area is 114 Å². The first-order valence-electron chi connectivity index (χ1n) is 6.96. The second kappa shape index (κ2) is 6.30. The largest absolute Gasteiger partial charge is 0.368 e. The molecule has 0 saturated carbocycles. The maximum Gasteiger partial charge on any atom is 0.168 e. The summed E-state index contributed by atoms with van der Waals surface area (Å²) in [5, 5.41) is 4.27. The molecule has 1 aliphatic rings. The molecule has 5 nitrogen and oxygen atoms in total. The third kappa shape index (κ3) is 3.64.